The molecule has 0 amide bonds. The van der Waals surface area contributed by atoms with Crippen LogP contribution in [0.15, 0.2) is 30.6 Å². The number of fused-ring (bicyclic) bond motifs is 1. The molecule has 4 heteroatoms. The summed E-state index contributed by atoms with van der Waals surface area (Å²) >= 11 is 0. The third-order valence-electron chi connectivity index (χ3n) is 3.05. The van der Waals surface area contributed by atoms with E-state index in [0.717, 1.165) is 16.7 Å². The molecule has 2 N–H and O–H groups in total. The van der Waals surface area contributed by atoms with Crippen molar-refractivity contribution in [1.29, 1.82) is 0 Å². The number of nitrogens with one attached hydrogen (secondary N) is 1. The van der Waals surface area contributed by atoms with E-state index in [1.165, 1.54) is 0 Å². The van der Waals surface area contributed by atoms with Crippen molar-refractivity contribution in [2.75, 3.05) is 11.9 Å². The van der Waals surface area contributed by atoms with Gasteiger partial charge in [0, 0.05) is 18.0 Å². The van der Waals surface area contributed by atoms with E-state index in [2.05, 4.69) is 15.3 Å². The van der Waals surface area contributed by atoms with E-state index < -0.39 is 0 Å². The van der Waals surface area contributed by atoms with Crippen LogP contribution in [0.3, 0.4) is 0 Å². The molecule has 2 unspecified atom stereocenters. The second-order valence-corrected chi connectivity index (χ2v) is 4.33. The fourth-order valence-electron chi connectivity index (χ4n) is 1.64. The van der Waals surface area contributed by atoms with Gasteiger partial charge in [0.05, 0.1) is 5.52 Å². The van der Waals surface area contributed by atoms with Crippen molar-refractivity contribution in [1.82, 2.24) is 9.97 Å². The minimum atomic E-state index is 0.164. The van der Waals surface area contributed by atoms with Gasteiger partial charge in [0.25, 0.3) is 0 Å². The maximum Gasteiger partial charge on any atom is 0.137 e. The van der Waals surface area contributed by atoms with E-state index in [1.807, 2.05) is 38.1 Å². The van der Waals surface area contributed by atoms with Gasteiger partial charge in [0.1, 0.15) is 12.1 Å². The molecule has 2 rings (SSSR count). The average molecular weight is 231 g/mol. The molecule has 1 aromatic heterocycles. The SMILES string of the molecule is CC(CO)C(C)Nc1ncnc2ccccc12. The molecule has 0 aliphatic heterocycles. The molecule has 0 saturated carbocycles. The molecule has 0 spiro atoms. The van der Waals surface area contributed by atoms with Gasteiger partial charge >= 0.3 is 0 Å². The summed E-state index contributed by atoms with van der Waals surface area (Å²) in [5.41, 5.74) is 0.925. The number of anilines is 1. The Hall–Kier alpha value is -1.68. The van der Waals surface area contributed by atoms with Crippen LogP contribution in [0.5, 0.6) is 0 Å². The Morgan fingerprint density at radius 2 is 2.00 bits per heavy atom. The fourth-order valence-corrected chi connectivity index (χ4v) is 1.64. The minimum Gasteiger partial charge on any atom is -0.396 e. The number of nitrogens with zero attached hydrogens (tertiary/aromatic N) is 2. The lowest BCUT2D eigenvalue weighted by Gasteiger charge is -2.20. The smallest absolute Gasteiger partial charge is 0.137 e. The Labute approximate surface area is 101 Å². The predicted molar refractivity (Wildman–Crippen MR) is 68.9 cm³/mol. The monoisotopic (exact) mass is 231 g/mol. The van der Waals surface area contributed by atoms with Crippen LogP contribution < -0.4 is 5.32 Å². The summed E-state index contributed by atoms with van der Waals surface area (Å²) in [5.74, 6) is 1.01. The molecule has 0 aliphatic carbocycles. The van der Waals surface area contributed by atoms with Crippen LogP contribution >= 0.6 is 0 Å². The summed E-state index contributed by atoms with van der Waals surface area (Å²) in [4.78, 5) is 8.47. The zero-order valence-corrected chi connectivity index (χ0v) is 10.1. The van der Waals surface area contributed by atoms with Crippen molar-refractivity contribution in [2.45, 2.75) is 19.9 Å². The summed E-state index contributed by atoms with van der Waals surface area (Å²) < 4.78 is 0. The van der Waals surface area contributed by atoms with Gasteiger partial charge in [-0.25, -0.2) is 9.97 Å². The lowest BCUT2D eigenvalue weighted by Crippen LogP contribution is -2.26. The zero-order chi connectivity index (χ0) is 12.3. The topological polar surface area (TPSA) is 58.0 Å². The largest absolute Gasteiger partial charge is 0.396 e. The van der Waals surface area contributed by atoms with Gasteiger partial charge in [-0.15, -0.1) is 0 Å². The van der Waals surface area contributed by atoms with Crippen LogP contribution in [0.2, 0.25) is 0 Å². The number of benzene rings is 1. The van der Waals surface area contributed by atoms with Gasteiger partial charge in [-0.1, -0.05) is 19.1 Å². The highest BCUT2D eigenvalue weighted by atomic mass is 16.3. The Kier molecular flexibility index (Phi) is 3.54. The summed E-state index contributed by atoms with van der Waals surface area (Å²) in [7, 11) is 0. The number of aliphatic hydroxyl groups excluding tert-OH is 1. The van der Waals surface area contributed by atoms with E-state index >= 15 is 0 Å². The number of hydrogen-bond acceptors (Lipinski definition) is 4. The second kappa shape index (κ2) is 5.10. The lowest BCUT2D eigenvalue weighted by atomic mass is 10.1. The number of aliphatic hydroxyl groups is 1. The first-order valence-electron chi connectivity index (χ1n) is 5.79. The van der Waals surface area contributed by atoms with Crippen LogP contribution in [0.4, 0.5) is 5.82 Å². The Bertz CT molecular complexity index is 495. The molecule has 1 aromatic carbocycles. The van der Waals surface area contributed by atoms with Gasteiger partial charge < -0.3 is 10.4 Å². The first kappa shape index (κ1) is 11.8. The molecule has 2 atom stereocenters. The predicted octanol–water partition coefficient (Wildman–Crippen LogP) is 2.06. The standard InChI is InChI=1S/C13H17N3O/c1-9(7-17)10(2)16-13-11-5-3-4-6-12(11)14-8-15-13/h3-6,8-10,17H,7H2,1-2H3,(H,14,15,16). The molecule has 0 radical (unpaired) electrons. The fraction of sp³-hybridized carbons (Fsp3) is 0.385. The molecular formula is C13H17N3O. The Morgan fingerprint density at radius 3 is 2.76 bits per heavy atom. The first-order valence-corrected chi connectivity index (χ1v) is 5.79. The zero-order valence-electron chi connectivity index (χ0n) is 10.1. The van der Waals surface area contributed by atoms with E-state index in [-0.39, 0.29) is 18.6 Å². The maximum atomic E-state index is 9.12. The molecule has 17 heavy (non-hydrogen) atoms. The van der Waals surface area contributed by atoms with Crippen molar-refractivity contribution in [3.05, 3.63) is 30.6 Å². The van der Waals surface area contributed by atoms with Gasteiger partial charge in [-0.3, -0.25) is 0 Å². The Morgan fingerprint density at radius 1 is 1.24 bits per heavy atom. The van der Waals surface area contributed by atoms with Crippen LogP contribution in [-0.4, -0.2) is 27.7 Å². The van der Waals surface area contributed by atoms with Crippen LogP contribution in [0.1, 0.15) is 13.8 Å². The molecule has 0 bridgehead atoms. The van der Waals surface area contributed by atoms with Gasteiger partial charge in [0.15, 0.2) is 0 Å². The highest BCUT2D eigenvalue weighted by molar-refractivity contribution is 5.88. The Balaban J connectivity index is 2.30. The van der Waals surface area contributed by atoms with Crippen molar-refractivity contribution >= 4 is 16.7 Å². The first-order chi connectivity index (χ1) is 8.22. The normalized spacial score (nSPS) is 14.5. The molecular weight excluding hydrogens is 214 g/mol. The van der Waals surface area contributed by atoms with Crippen LogP contribution in [0.25, 0.3) is 10.9 Å². The van der Waals surface area contributed by atoms with Gasteiger partial charge in [-0.2, -0.15) is 0 Å². The van der Waals surface area contributed by atoms with E-state index in [9.17, 15) is 0 Å². The molecule has 0 aliphatic rings. The van der Waals surface area contributed by atoms with Crippen molar-refractivity contribution < 1.29 is 5.11 Å². The number of hydrogen-bond donors (Lipinski definition) is 2. The van der Waals surface area contributed by atoms with Crippen LogP contribution in [-0.2, 0) is 0 Å². The average Bonchev–Trinajstić information content (AvgIpc) is 2.38. The number of para-hydroxylation sites is 1. The number of aromatic nitrogens is 2. The summed E-state index contributed by atoms with van der Waals surface area (Å²) in [5, 5.41) is 13.5. The molecule has 0 saturated heterocycles. The summed E-state index contributed by atoms with van der Waals surface area (Å²) in [6, 6.07) is 8.05. The summed E-state index contributed by atoms with van der Waals surface area (Å²) in [6.07, 6.45) is 1.56. The van der Waals surface area contributed by atoms with E-state index in [0.29, 0.717) is 0 Å². The minimum absolute atomic E-state index is 0.164. The lowest BCUT2D eigenvalue weighted by molar-refractivity contribution is 0.226. The van der Waals surface area contributed by atoms with Gasteiger partial charge in [-0.05, 0) is 25.0 Å². The molecule has 1 heterocycles. The molecule has 90 valence electrons. The highest BCUT2D eigenvalue weighted by Gasteiger charge is 2.12. The highest BCUT2D eigenvalue weighted by Crippen LogP contribution is 2.20. The van der Waals surface area contributed by atoms with E-state index in [4.69, 9.17) is 5.11 Å². The summed E-state index contributed by atoms with van der Waals surface area (Å²) in [6.45, 7) is 4.20. The van der Waals surface area contributed by atoms with Crippen molar-refractivity contribution in [3.8, 4) is 0 Å². The number of rotatable bonds is 4. The van der Waals surface area contributed by atoms with E-state index in [1.54, 1.807) is 6.33 Å². The third kappa shape index (κ3) is 2.53. The molecule has 0 fully saturated rings. The quantitative estimate of drug-likeness (QED) is 0.845. The van der Waals surface area contributed by atoms with Crippen LogP contribution in [0, 0.1) is 5.92 Å². The van der Waals surface area contributed by atoms with Crippen molar-refractivity contribution in [2.24, 2.45) is 5.92 Å². The molecule has 4 nitrogen and oxygen atoms in total. The third-order valence-corrected chi connectivity index (χ3v) is 3.05. The molecule has 2 aromatic rings. The van der Waals surface area contributed by atoms with Crippen molar-refractivity contribution in [3.63, 3.8) is 0 Å². The second-order valence-electron chi connectivity index (χ2n) is 4.33. The maximum absolute atomic E-state index is 9.12. The van der Waals surface area contributed by atoms with Gasteiger partial charge in [0.2, 0.25) is 0 Å².